The minimum absolute atomic E-state index is 0.0492. The van der Waals surface area contributed by atoms with E-state index in [9.17, 15) is 9.59 Å². The molecule has 6 heteroatoms. The molecule has 2 rings (SSSR count). The molecule has 0 saturated carbocycles. The smallest absolute Gasteiger partial charge is 0.209 e. The van der Waals surface area contributed by atoms with Crippen molar-refractivity contribution in [2.24, 2.45) is 0 Å². The van der Waals surface area contributed by atoms with E-state index in [-0.39, 0.29) is 6.10 Å². The molecule has 0 aliphatic carbocycles. The van der Waals surface area contributed by atoms with Crippen molar-refractivity contribution in [3.05, 3.63) is 40.7 Å². The predicted octanol–water partition coefficient (Wildman–Crippen LogP) is 2.95. The van der Waals surface area contributed by atoms with Crippen LogP contribution in [-0.2, 0) is 14.3 Å². The number of nitrogens with zero attached hydrogens (tertiary/aromatic N) is 2. The first-order valence-electron chi connectivity index (χ1n) is 7.46. The number of amides is 1. The van der Waals surface area contributed by atoms with Gasteiger partial charge in [0.05, 0.1) is 13.1 Å². The van der Waals surface area contributed by atoms with Crippen LogP contribution in [0.5, 0.6) is 0 Å². The average molecular weight is 335 g/mol. The SMILES string of the molecule is C/C=C(/C=O)c1cc(Cl)ncc1/C(=C/CC)OC1CN(C=O)C1. The summed E-state index contributed by atoms with van der Waals surface area (Å²) in [6, 6.07) is 1.66. The summed E-state index contributed by atoms with van der Waals surface area (Å²) in [4.78, 5) is 27.7. The molecule has 1 aromatic rings. The van der Waals surface area contributed by atoms with E-state index in [1.807, 2.05) is 13.0 Å². The lowest BCUT2D eigenvalue weighted by atomic mass is 10.0. The van der Waals surface area contributed by atoms with Crippen molar-refractivity contribution in [3.63, 3.8) is 0 Å². The fraction of sp³-hybridized carbons (Fsp3) is 0.353. The molecule has 1 aliphatic heterocycles. The van der Waals surface area contributed by atoms with Gasteiger partial charge in [-0.2, -0.15) is 0 Å². The predicted molar refractivity (Wildman–Crippen MR) is 89.7 cm³/mol. The lowest BCUT2D eigenvalue weighted by molar-refractivity contribution is -0.127. The maximum absolute atomic E-state index is 11.3. The van der Waals surface area contributed by atoms with Crippen LogP contribution < -0.4 is 0 Å². The summed E-state index contributed by atoms with van der Waals surface area (Å²) in [6.07, 6.45) is 7.60. The second kappa shape index (κ2) is 7.92. The molecule has 0 atom stereocenters. The molecule has 122 valence electrons. The van der Waals surface area contributed by atoms with Gasteiger partial charge >= 0.3 is 0 Å². The van der Waals surface area contributed by atoms with Gasteiger partial charge in [-0.05, 0) is 25.5 Å². The maximum Gasteiger partial charge on any atom is 0.209 e. The molecule has 0 radical (unpaired) electrons. The van der Waals surface area contributed by atoms with Gasteiger partial charge < -0.3 is 9.64 Å². The zero-order valence-corrected chi connectivity index (χ0v) is 13.9. The van der Waals surface area contributed by atoms with E-state index >= 15 is 0 Å². The number of aldehydes is 1. The molecule has 0 spiro atoms. The summed E-state index contributed by atoms with van der Waals surface area (Å²) in [7, 11) is 0. The van der Waals surface area contributed by atoms with Gasteiger partial charge in [-0.25, -0.2) is 4.98 Å². The fourth-order valence-electron chi connectivity index (χ4n) is 2.37. The molecular formula is C17H19ClN2O3. The quantitative estimate of drug-likeness (QED) is 0.333. The van der Waals surface area contributed by atoms with Gasteiger partial charge in [0.25, 0.3) is 0 Å². The maximum atomic E-state index is 11.3. The minimum Gasteiger partial charge on any atom is -0.486 e. The Hall–Kier alpha value is -2.14. The molecular weight excluding hydrogens is 316 g/mol. The van der Waals surface area contributed by atoms with E-state index in [1.165, 1.54) is 0 Å². The van der Waals surface area contributed by atoms with Crippen molar-refractivity contribution in [3.8, 4) is 0 Å². The topological polar surface area (TPSA) is 59.5 Å². The summed E-state index contributed by atoms with van der Waals surface area (Å²) in [5, 5.41) is 0.316. The summed E-state index contributed by atoms with van der Waals surface area (Å²) < 4.78 is 6.00. The van der Waals surface area contributed by atoms with Crippen molar-refractivity contribution in [1.82, 2.24) is 9.88 Å². The highest BCUT2D eigenvalue weighted by molar-refractivity contribution is 6.29. The molecule has 5 nitrogen and oxygen atoms in total. The molecule has 0 N–H and O–H groups in total. The van der Waals surface area contributed by atoms with Crippen molar-refractivity contribution in [1.29, 1.82) is 0 Å². The molecule has 0 unspecified atom stereocenters. The van der Waals surface area contributed by atoms with Gasteiger partial charge in [0, 0.05) is 22.9 Å². The first-order chi connectivity index (χ1) is 11.1. The number of rotatable bonds is 7. The monoisotopic (exact) mass is 334 g/mol. The van der Waals surface area contributed by atoms with Crippen molar-refractivity contribution >= 4 is 35.6 Å². The number of halogens is 1. The fourth-order valence-corrected chi connectivity index (χ4v) is 2.53. The molecule has 1 fully saturated rings. The standard InChI is InChI=1S/C17H19ClN2O3/c1-3-5-16(23-13-8-20(9-13)11-22)15-7-19-17(18)6-14(15)12(4-2)10-21/h4-7,10-11,13H,3,8-9H2,1-2H3/b12-4-,16-5-. The van der Waals surface area contributed by atoms with Crippen LogP contribution in [0, 0.1) is 0 Å². The number of aromatic nitrogens is 1. The first-order valence-corrected chi connectivity index (χ1v) is 7.84. The van der Waals surface area contributed by atoms with Gasteiger partial charge in [-0.3, -0.25) is 9.59 Å². The minimum atomic E-state index is -0.0492. The van der Waals surface area contributed by atoms with E-state index in [0.717, 1.165) is 24.7 Å². The van der Waals surface area contributed by atoms with Crippen LogP contribution >= 0.6 is 11.6 Å². The third kappa shape index (κ3) is 3.99. The Balaban J connectivity index is 2.34. The number of carbonyl (C=O) groups is 2. The van der Waals surface area contributed by atoms with Crippen LogP contribution in [0.15, 0.2) is 24.4 Å². The van der Waals surface area contributed by atoms with Crippen molar-refractivity contribution < 1.29 is 14.3 Å². The van der Waals surface area contributed by atoms with E-state index in [4.69, 9.17) is 16.3 Å². The largest absolute Gasteiger partial charge is 0.486 e. The Kier molecular flexibility index (Phi) is 5.93. The van der Waals surface area contributed by atoms with Crippen LogP contribution in [0.4, 0.5) is 0 Å². The highest BCUT2D eigenvalue weighted by atomic mass is 35.5. The average Bonchev–Trinajstić information content (AvgIpc) is 2.51. The van der Waals surface area contributed by atoms with Crippen LogP contribution in [0.25, 0.3) is 11.3 Å². The summed E-state index contributed by atoms with van der Waals surface area (Å²) in [6.45, 7) is 4.91. The first kappa shape index (κ1) is 17.2. The molecule has 1 amide bonds. The number of likely N-dealkylation sites (tertiary alicyclic amines) is 1. The number of allylic oxidation sites excluding steroid dienone is 3. The Morgan fingerprint density at radius 1 is 1.43 bits per heavy atom. The van der Waals surface area contributed by atoms with Crippen LogP contribution in [0.2, 0.25) is 5.15 Å². The number of hydrogen-bond acceptors (Lipinski definition) is 4. The summed E-state index contributed by atoms with van der Waals surface area (Å²) in [5.74, 6) is 0.656. The van der Waals surface area contributed by atoms with Gasteiger partial charge in [-0.15, -0.1) is 0 Å². The Labute approximate surface area is 140 Å². The zero-order valence-electron chi connectivity index (χ0n) is 13.2. The molecule has 1 aromatic heterocycles. The number of carbonyl (C=O) groups excluding carboxylic acids is 2. The normalized spacial score (nSPS) is 16.0. The summed E-state index contributed by atoms with van der Waals surface area (Å²) in [5.41, 5.74) is 1.94. The molecule has 0 bridgehead atoms. The second-order valence-electron chi connectivity index (χ2n) is 5.19. The number of hydrogen-bond donors (Lipinski definition) is 0. The zero-order chi connectivity index (χ0) is 16.8. The molecule has 2 heterocycles. The van der Waals surface area contributed by atoms with Gasteiger partial charge in [0.1, 0.15) is 23.3 Å². The van der Waals surface area contributed by atoms with Gasteiger partial charge in [0.15, 0.2) is 0 Å². The Bertz CT molecular complexity index is 649. The van der Waals surface area contributed by atoms with Gasteiger partial charge in [0.2, 0.25) is 6.41 Å². The van der Waals surface area contributed by atoms with E-state index < -0.39 is 0 Å². The third-order valence-corrected chi connectivity index (χ3v) is 3.80. The highest BCUT2D eigenvalue weighted by Gasteiger charge is 2.28. The third-order valence-electron chi connectivity index (χ3n) is 3.59. The van der Waals surface area contributed by atoms with E-state index in [1.54, 1.807) is 30.2 Å². The molecule has 23 heavy (non-hydrogen) atoms. The number of ether oxygens (including phenoxy) is 1. The summed E-state index contributed by atoms with van der Waals surface area (Å²) >= 11 is 5.98. The lowest BCUT2D eigenvalue weighted by Crippen LogP contribution is -2.50. The molecule has 1 aliphatic rings. The lowest BCUT2D eigenvalue weighted by Gasteiger charge is -2.37. The van der Waals surface area contributed by atoms with Crippen molar-refractivity contribution in [2.75, 3.05) is 13.1 Å². The van der Waals surface area contributed by atoms with E-state index in [0.29, 0.717) is 35.1 Å². The number of pyridine rings is 1. The van der Waals surface area contributed by atoms with Crippen molar-refractivity contribution in [2.45, 2.75) is 26.4 Å². The Morgan fingerprint density at radius 3 is 2.74 bits per heavy atom. The Morgan fingerprint density at radius 2 is 2.17 bits per heavy atom. The van der Waals surface area contributed by atoms with E-state index in [2.05, 4.69) is 4.98 Å². The second-order valence-corrected chi connectivity index (χ2v) is 5.58. The molecule has 1 saturated heterocycles. The highest BCUT2D eigenvalue weighted by Crippen LogP contribution is 2.29. The van der Waals surface area contributed by atoms with Crippen LogP contribution in [-0.4, -0.2) is 41.8 Å². The van der Waals surface area contributed by atoms with Crippen LogP contribution in [0.3, 0.4) is 0 Å². The molecule has 0 aromatic carbocycles. The van der Waals surface area contributed by atoms with Gasteiger partial charge in [-0.1, -0.05) is 24.6 Å². The van der Waals surface area contributed by atoms with Crippen LogP contribution in [0.1, 0.15) is 31.4 Å².